The molecule has 0 amide bonds. The molecule has 0 fully saturated rings. The molecule has 0 aliphatic heterocycles. The maximum Gasteiger partial charge on any atom is 0.128 e. The zero-order chi connectivity index (χ0) is 12.8. The topological polar surface area (TPSA) is 39.6 Å². The van der Waals surface area contributed by atoms with Gasteiger partial charge in [-0.15, -0.1) is 0 Å². The average Bonchev–Trinajstić information content (AvgIpc) is 2.28. The predicted molar refractivity (Wildman–Crippen MR) is 71.3 cm³/mol. The van der Waals surface area contributed by atoms with E-state index in [-0.39, 0.29) is 0 Å². The average molecular weight is 237 g/mol. The van der Waals surface area contributed by atoms with Gasteiger partial charge in [-0.2, -0.15) is 0 Å². The van der Waals surface area contributed by atoms with Gasteiger partial charge in [0.25, 0.3) is 0 Å². The Labute approximate surface area is 104 Å². The van der Waals surface area contributed by atoms with Gasteiger partial charge in [0.1, 0.15) is 5.82 Å². The summed E-state index contributed by atoms with van der Waals surface area (Å²) < 4.78 is 0. The van der Waals surface area contributed by atoms with Crippen LogP contribution in [-0.4, -0.2) is 49.2 Å². The fourth-order valence-corrected chi connectivity index (χ4v) is 1.61. The molecule has 96 valence electrons. The second-order valence-electron chi connectivity index (χ2n) is 4.70. The minimum atomic E-state index is -0.449. The lowest BCUT2D eigenvalue weighted by Gasteiger charge is -2.19. The number of aliphatic hydroxyl groups is 1. The van der Waals surface area contributed by atoms with E-state index in [1.807, 2.05) is 19.2 Å². The van der Waals surface area contributed by atoms with Crippen molar-refractivity contribution in [2.75, 3.05) is 39.1 Å². The molecule has 0 unspecified atom stereocenters. The molecule has 0 aromatic carbocycles. The normalized spacial score (nSPS) is 12.8. The molecule has 4 heteroatoms. The number of anilines is 1. The molecule has 0 aliphatic carbocycles. The maximum atomic E-state index is 9.40. The van der Waals surface area contributed by atoms with Crippen molar-refractivity contribution in [2.45, 2.75) is 19.4 Å². The van der Waals surface area contributed by atoms with Crippen LogP contribution in [-0.2, 0) is 0 Å². The van der Waals surface area contributed by atoms with Gasteiger partial charge in [-0.1, -0.05) is 6.07 Å². The zero-order valence-corrected chi connectivity index (χ0v) is 11.2. The van der Waals surface area contributed by atoms with Gasteiger partial charge in [0.15, 0.2) is 0 Å². The van der Waals surface area contributed by atoms with Crippen LogP contribution >= 0.6 is 0 Å². The molecule has 0 spiro atoms. The van der Waals surface area contributed by atoms with Crippen molar-refractivity contribution >= 4 is 5.82 Å². The predicted octanol–water partition coefficient (Wildman–Crippen LogP) is 1.52. The summed E-state index contributed by atoms with van der Waals surface area (Å²) in [5.41, 5.74) is 0.857. The number of nitrogens with zero attached hydrogens (tertiary/aromatic N) is 3. The molecule has 4 nitrogen and oxygen atoms in total. The Morgan fingerprint density at radius 3 is 2.41 bits per heavy atom. The number of hydrogen-bond donors (Lipinski definition) is 1. The van der Waals surface area contributed by atoms with E-state index in [0.29, 0.717) is 0 Å². The van der Waals surface area contributed by atoms with Crippen LogP contribution in [0.5, 0.6) is 0 Å². The first-order chi connectivity index (χ1) is 8.00. The summed E-state index contributed by atoms with van der Waals surface area (Å²) in [4.78, 5) is 8.66. The van der Waals surface area contributed by atoms with Gasteiger partial charge in [0, 0.05) is 19.8 Å². The highest BCUT2D eigenvalue weighted by Crippen LogP contribution is 2.14. The Hall–Kier alpha value is -1.13. The second kappa shape index (κ2) is 6.57. The van der Waals surface area contributed by atoms with Gasteiger partial charge < -0.3 is 14.9 Å². The lowest BCUT2D eigenvalue weighted by molar-refractivity contribution is 0.199. The molecule has 17 heavy (non-hydrogen) atoms. The molecule has 0 bridgehead atoms. The van der Waals surface area contributed by atoms with Crippen molar-refractivity contribution in [1.29, 1.82) is 0 Å². The fourth-order valence-electron chi connectivity index (χ4n) is 1.61. The van der Waals surface area contributed by atoms with Crippen LogP contribution in [0.2, 0.25) is 0 Å². The largest absolute Gasteiger partial charge is 0.389 e. The molecule has 0 radical (unpaired) electrons. The second-order valence-corrected chi connectivity index (χ2v) is 4.70. The SMILES string of the molecule is C[C@@H](O)c1ccc(N(C)CCCN(C)C)nc1. The summed E-state index contributed by atoms with van der Waals surface area (Å²) in [7, 11) is 6.20. The van der Waals surface area contributed by atoms with Crippen molar-refractivity contribution in [3.05, 3.63) is 23.9 Å². The Balaban J connectivity index is 2.48. The third-order valence-electron chi connectivity index (χ3n) is 2.74. The van der Waals surface area contributed by atoms with Crippen LogP contribution in [0.1, 0.15) is 25.0 Å². The van der Waals surface area contributed by atoms with Crippen LogP contribution in [0.3, 0.4) is 0 Å². The summed E-state index contributed by atoms with van der Waals surface area (Å²) in [6.45, 7) is 3.81. The van der Waals surface area contributed by atoms with E-state index in [1.165, 1.54) is 0 Å². The van der Waals surface area contributed by atoms with Crippen LogP contribution in [0.4, 0.5) is 5.82 Å². The third kappa shape index (κ3) is 4.71. The lowest BCUT2D eigenvalue weighted by atomic mass is 10.2. The Morgan fingerprint density at radius 2 is 1.94 bits per heavy atom. The molecule has 1 atom stereocenters. The van der Waals surface area contributed by atoms with Crippen molar-refractivity contribution in [1.82, 2.24) is 9.88 Å². The maximum absolute atomic E-state index is 9.40. The summed E-state index contributed by atoms with van der Waals surface area (Å²) >= 11 is 0. The number of aliphatic hydroxyl groups excluding tert-OH is 1. The van der Waals surface area contributed by atoms with E-state index < -0.39 is 6.10 Å². The quantitative estimate of drug-likeness (QED) is 0.814. The Bertz CT molecular complexity index is 322. The highest BCUT2D eigenvalue weighted by Gasteiger charge is 2.05. The van der Waals surface area contributed by atoms with Crippen molar-refractivity contribution in [2.24, 2.45) is 0 Å². The molecular formula is C13H23N3O. The molecule has 1 N–H and O–H groups in total. The molecule has 1 rings (SSSR count). The van der Waals surface area contributed by atoms with Gasteiger partial charge in [0.05, 0.1) is 6.10 Å². The highest BCUT2D eigenvalue weighted by molar-refractivity contribution is 5.38. The summed E-state index contributed by atoms with van der Waals surface area (Å²) in [6.07, 6.45) is 2.40. The van der Waals surface area contributed by atoms with Crippen LogP contribution in [0, 0.1) is 0 Å². The summed E-state index contributed by atoms with van der Waals surface area (Å²) in [6, 6.07) is 3.88. The molecule has 1 aromatic rings. The van der Waals surface area contributed by atoms with Crippen molar-refractivity contribution < 1.29 is 5.11 Å². The molecular weight excluding hydrogens is 214 g/mol. The van der Waals surface area contributed by atoms with Gasteiger partial charge in [-0.3, -0.25) is 0 Å². The lowest BCUT2D eigenvalue weighted by Crippen LogP contribution is -2.24. The van der Waals surface area contributed by atoms with Gasteiger partial charge in [-0.25, -0.2) is 4.98 Å². The molecule has 0 saturated carbocycles. The fraction of sp³-hybridized carbons (Fsp3) is 0.615. The number of aromatic nitrogens is 1. The minimum absolute atomic E-state index is 0.449. The van der Waals surface area contributed by atoms with Crippen LogP contribution in [0.15, 0.2) is 18.3 Å². The molecule has 0 saturated heterocycles. The third-order valence-corrected chi connectivity index (χ3v) is 2.74. The van der Waals surface area contributed by atoms with Gasteiger partial charge >= 0.3 is 0 Å². The molecule has 1 aromatic heterocycles. The van der Waals surface area contributed by atoms with Gasteiger partial charge in [-0.05, 0) is 45.6 Å². The highest BCUT2D eigenvalue weighted by atomic mass is 16.3. The van der Waals surface area contributed by atoms with E-state index in [0.717, 1.165) is 30.9 Å². The Morgan fingerprint density at radius 1 is 1.24 bits per heavy atom. The van der Waals surface area contributed by atoms with Crippen LogP contribution < -0.4 is 4.90 Å². The van der Waals surface area contributed by atoms with Gasteiger partial charge in [0.2, 0.25) is 0 Å². The first-order valence-electron chi connectivity index (χ1n) is 6.00. The smallest absolute Gasteiger partial charge is 0.128 e. The van der Waals surface area contributed by atoms with E-state index in [9.17, 15) is 5.11 Å². The zero-order valence-electron chi connectivity index (χ0n) is 11.2. The minimum Gasteiger partial charge on any atom is -0.389 e. The van der Waals surface area contributed by atoms with Crippen molar-refractivity contribution in [3.63, 3.8) is 0 Å². The van der Waals surface area contributed by atoms with E-state index in [1.54, 1.807) is 13.1 Å². The number of rotatable bonds is 6. The summed E-state index contributed by atoms with van der Waals surface area (Å²) in [5.74, 6) is 0.952. The molecule has 0 aliphatic rings. The number of hydrogen-bond acceptors (Lipinski definition) is 4. The number of pyridine rings is 1. The van der Waals surface area contributed by atoms with E-state index >= 15 is 0 Å². The first kappa shape index (κ1) is 13.9. The molecule has 1 heterocycles. The standard InChI is InChI=1S/C13H23N3O/c1-11(17)12-6-7-13(14-10-12)16(4)9-5-8-15(2)3/h6-7,10-11,17H,5,8-9H2,1-4H3/t11-/m1/s1. The van der Waals surface area contributed by atoms with Crippen LogP contribution in [0.25, 0.3) is 0 Å². The van der Waals surface area contributed by atoms with Crippen molar-refractivity contribution in [3.8, 4) is 0 Å². The van der Waals surface area contributed by atoms with E-state index in [4.69, 9.17) is 0 Å². The Kier molecular flexibility index (Phi) is 5.38. The van der Waals surface area contributed by atoms with E-state index in [2.05, 4.69) is 28.9 Å². The monoisotopic (exact) mass is 237 g/mol. The first-order valence-corrected chi connectivity index (χ1v) is 6.00. The summed E-state index contributed by atoms with van der Waals surface area (Å²) in [5, 5.41) is 9.40.